The Labute approximate surface area is 102 Å². The van der Waals surface area contributed by atoms with Gasteiger partial charge in [-0.1, -0.05) is 36.4 Å². The quantitative estimate of drug-likeness (QED) is 0.582. The van der Waals surface area contributed by atoms with Gasteiger partial charge in [0, 0.05) is 6.42 Å². The first kappa shape index (κ1) is 13.5. The summed E-state index contributed by atoms with van der Waals surface area (Å²) >= 11 is 0. The fourth-order valence-corrected chi connectivity index (χ4v) is 1.54. The largest absolute Gasteiger partial charge is 0.479 e. The predicted octanol–water partition coefficient (Wildman–Crippen LogP) is 2.67. The van der Waals surface area contributed by atoms with E-state index in [1.54, 1.807) is 13.0 Å². The fraction of sp³-hybridized carbons (Fsp3) is 0.357. The van der Waals surface area contributed by atoms with Crippen molar-refractivity contribution in [2.45, 2.75) is 25.4 Å². The molecule has 0 fully saturated rings. The molecule has 0 aliphatic heterocycles. The number of carboxylic acids is 1. The highest BCUT2D eigenvalue weighted by molar-refractivity contribution is 5.77. The lowest BCUT2D eigenvalue weighted by Gasteiger charge is -2.25. The lowest BCUT2D eigenvalue weighted by molar-refractivity contribution is -0.163. The SMILES string of the molecule is C=CCCOC(C)(Cc1ccccc1)C(=O)O. The van der Waals surface area contributed by atoms with Crippen LogP contribution in [0.4, 0.5) is 0 Å². The summed E-state index contributed by atoms with van der Waals surface area (Å²) in [5.41, 5.74) is -0.222. The van der Waals surface area contributed by atoms with Crippen LogP contribution in [0.2, 0.25) is 0 Å². The third-order valence-corrected chi connectivity index (χ3v) is 2.58. The standard InChI is InChI=1S/C14H18O3/c1-3-4-10-17-14(2,13(15)16)11-12-8-6-5-7-9-12/h3,5-9H,1,4,10-11H2,2H3,(H,15,16). The molecular formula is C14H18O3. The smallest absolute Gasteiger partial charge is 0.336 e. The number of carbonyl (C=O) groups is 1. The van der Waals surface area contributed by atoms with Gasteiger partial charge in [0.25, 0.3) is 0 Å². The Morgan fingerprint density at radius 3 is 2.65 bits per heavy atom. The van der Waals surface area contributed by atoms with E-state index in [1.165, 1.54) is 0 Å². The van der Waals surface area contributed by atoms with Crippen LogP contribution in [-0.4, -0.2) is 23.3 Å². The maximum Gasteiger partial charge on any atom is 0.336 e. The van der Waals surface area contributed by atoms with Crippen molar-refractivity contribution in [1.29, 1.82) is 0 Å². The molecule has 1 N–H and O–H groups in total. The number of rotatable bonds is 7. The molecule has 0 saturated carbocycles. The molecule has 0 heterocycles. The van der Waals surface area contributed by atoms with Crippen LogP contribution >= 0.6 is 0 Å². The molecule has 1 unspecified atom stereocenters. The van der Waals surface area contributed by atoms with E-state index in [9.17, 15) is 9.90 Å². The Morgan fingerprint density at radius 1 is 1.47 bits per heavy atom. The van der Waals surface area contributed by atoms with Crippen LogP contribution in [0.15, 0.2) is 43.0 Å². The van der Waals surface area contributed by atoms with Crippen LogP contribution in [-0.2, 0) is 16.0 Å². The number of carboxylic acid groups (broad SMARTS) is 1. The van der Waals surface area contributed by atoms with Crippen LogP contribution < -0.4 is 0 Å². The molecule has 0 spiro atoms. The second kappa shape index (κ2) is 6.21. The summed E-state index contributed by atoms with van der Waals surface area (Å²) in [6, 6.07) is 9.49. The van der Waals surface area contributed by atoms with Crippen molar-refractivity contribution in [2.24, 2.45) is 0 Å². The molecule has 1 aromatic rings. The molecule has 0 radical (unpaired) electrons. The number of benzene rings is 1. The molecule has 1 atom stereocenters. The van der Waals surface area contributed by atoms with Crippen LogP contribution in [0.25, 0.3) is 0 Å². The monoisotopic (exact) mass is 234 g/mol. The Bertz CT molecular complexity index is 372. The van der Waals surface area contributed by atoms with Crippen molar-refractivity contribution < 1.29 is 14.6 Å². The molecular weight excluding hydrogens is 216 g/mol. The minimum Gasteiger partial charge on any atom is -0.479 e. The van der Waals surface area contributed by atoms with Crippen molar-refractivity contribution in [3.63, 3.8) is 0 Å². The molecule has 1 rings (SSSR count). The molecule has 0 aliphatic rings. The molecule has 3 nitrogen and oxygen atoms in total. The summed E-state index contributed by atoms with van der Waals surface area (Å²) in [5.74, 6) is -0.939. The van der Waals surface area contributed by atoms with E-state index in [-0.39, 0.29) is 0 Å². The molecule has 17 heavy (non-hydrogen) atoms. The van der Waals surface area contributed by atoms with Gasteiger partial charge in [0.2, 0.25) is 0 Å². The van der Waals surface area contributed by atoms with Crippen LogP contribution in [0.3, 0.4) is 0 Å². The third-order valence-electron chi connectivity index (χ3n) is 2.58. The first-order valence-electron chi connectivity index (χ1n) is 5.60. The van der Waals surface area contributed by atoms with Crippen molar-refractivity contribution in [2.75, 3.05) is 6.61 Å². The number of hydrogen-bond acceptors (Lipinski definition) is 2. The average Bonchev–Trinajstić information content (AvgIpc) is 2.30. The van der Waals surface area contributed by atoms with Gasteiger partial charge in [-0.15, -0.1) is 6.58 Å². The van der Waals surface area contributed by atoms with E-state index >= 15 is 0 Å². The molecule has 0 bridgehead atoms. The Morgan fingerprint density at radius 2 is 2.12 bits per heavy atom. The van der Waals surface area contributed by atoms with Gasteiger partial charge >= 0.3 is 5.97 Å². The summed E-state index contributed by atoms with van der Waals surface area (Å²) in [6.45, 7) is 5.56. The van der Waals surface area contributed by atoms with Gasteiger partial charge in [-0.3, -0.25) is 0 Å². The van der Waals surface area contributed by atoms with Crippen molar-refractivity contribution in [1.82, 2.24) is 0 Å². The van der Waals surface area contributed by atoms with Gasteiger partial charge in [-0.05, 0) is 18.9 Å². The van der Waals surface area contributed by atoms with E-state index in [0.29, 0.717) is 19.4 Å². The lowest BCUT2D eigenvalue weighted by Crippen LogP contribution is -2.40. The first-order valence-corrected chi connectivity index (χ1v) is 5.60. The molecule has 0 aliphatic carbocycles. The Hall–Kier alpha value is -1.61. The summed E-state index contributed by atoms with van der Waals surface area (Å²) < 4.78 is 5.46. The molecule has 92 valence electrons. The van der Waals surface area contributed by atoms with Gasteiger partial charge in [-0.25, -0.2) is 4.79 Å². The van der Waals surface area contributed by atoms with Gasteiger partial charge in [-0.2, -0.15) is 0 Å². The van der Waals surface area contributed by atoms with E-state index in [1.807, 2.05) is 30.3 Å². The number of aliphatic carboxylic acids is 1. The minimum absolute atomic E-state index is 0.361. The fourth-order valence-electron chi connectivity index (χ4n) is 1.54. The van der Waals surface area contributed by atoms with Crippen LogP contribution in [0, 0.1) is 0 Å². The summed E-state index contributed by atoms with van der Waals surface area (Å²) in [4.78, 5) is 11.3. The number of ether oxygens (including phenoxy) is 1. The molecule has 1 aromatic carbocycles. The van der Waals surface area contributed by atoms with Crippen molar-refractivity contribution in [3.8, 4) is 0 Å². The number of hydrogen-bond donors (Lipinski definition) is 1. The lowest BCUT2D eigenvalue weighted by atomic mass is 9.96. The molecule has 0 amide bonds. The second-order valence-electron chi connectivity index (χ2n) is 4.12. The normalized spacial score (nSPS) is 13.9. The maximum atomic E-state index is 11.3. The van der Waals surface area contributed by atoms with Gasteiger partial charge < -0.3 is 9.84 Å². The molecule has 0 saturated heterocycles. The molecule has 3 heteroatoms. The predicted molar refractivity (Wildman–Crippen MR) is 67.0 cm³/mol. The van der Waals surface area contributed by atoms with Gasteiger partial charge in [0.05, 0.1) is 6.61 Å². The zero-order valence-electron chi connectivity index (χ0n) is 10.1. The Kier molecular flexibility index (Phi) is 4.91. The van der Waals surface area contributed by atoms with Crippen molar-refractivity contribution >= 4 is 5.97 Å². The highest BCUT2D eigenvalue weighted by atomic mass is 16.5. The summed E-state index contributed by atoms with van der Waals surface area (Å²) in [5, 5.41) is 9.24. The summed E-state index contributed by atoms with van der Waals surface area (Å²) in [6.07, 6.45) is 2.72. The van der Waals surface area contributed by atoms with E-state index < -0.39 is 11.6 Å². The highest BCUT2D eigenvalue weighted by Crippen LogP contribution is 2.18. The summed E-state index contributed by atoms with van der Waals surface area (Å²) in [7, 11) is 0. The van der Waals surface area contributed by atoms with Crippen molar-refractivity contribution in [3.05, 3.63) is 48.6 Å². The average molecular weight is 234 g/mol. The van der Waals surface area contributed by atoms with Gasteiger partial charge in [0.1, 0.15) is 0 Å². The van der Waals surface area contributed by atoms with Crippen LogP contribution in [0.1, 0.15) is 18.9 Å². The second-order valence-corrected chi connectivity index (χ2v) is 4.12. The highest BCUT2D eigenvalue weighted by Gasteiger charge is 2.34. The van der Waals surface area contributed by atoms with E-state index in [0.717, 1.165) is 5.56 Å². The minimum atomic E-state index is -1.18. The van der Waals surface area contributed by atoms with E-state index in [2.05, 4.69) is 6.58 Å². The first-order chi connectivity index (χ1) is 8.08. The maximum absolute atomic E-state index is 11.3. The van der Waals surface area contributed by atoms with Crippen LogP contribution in [0.5, 0.6) is 0 Å². The third kappa shape index (κ3) is 4.04. The van der Waals surface area contributed by atoms with Gasteiger partial charge in [0.15, 0.2) is 5.60 Å². The topological polar surface area (TPSA) is 46.5 Å². The molecule has 0 aromatic heterocycles. The zero-order valence-corrected chi connectivity index (χ0v) is 10.1. The zero-order chi connectivity index (χ0) is 12.7. The van der Waals surface area contributed by atoms with E-state index in [4.69, 9.17) is 4.74 Å². The Balaban J connectivity index is 2.71.